The van der Waals surface area contributed by atoms with Crippen LogP contribution in [0, 0.1) is 13.1 Å². The van der Waals surface area contributed by atoms with Gasteiger partial charge in [-0.05, 0) is 280 Å². The lowest BCUT2D eigenvalue weighted by molar-refractivity contribution is 1.02. The van der Waals surface area contributed by atoms with Crippen LogP contribution in [-0.4, -0.2) is 15.0 Å². The number of fused-ring (bicyclic) bond motifs is 7. The summed E-state index contributed by atoms with van der Waals surface area (Å²) in [6, 6.07) is 123. The van der Waals surface area contributed by atoms with E-state index in [4.69, 9.17) is 13.1 Å². The average molecular weight is 1370 g/mol. The Kier molecular flexibility index (Phi) is 14.5. The molecule has 0 saturated heterocycles. The highest BCUT2D eigenvalue weighted by Crippen LogP contribution is 2.53. The number of hydrogen-bond acceptors (Lipinski definition) is 3. The van der Waals surface area contributed by atoms with Crippen molar-refractivity contribution >= 4 is 86.9 Å². The van der Waals surface area contributed by atoms with Crippen molar-refractivity contribution in [3.05, 3.63) is 415 Å². The molecule has 0 saturated carbocycles. The highest BCUT2D eigenvalue weighted by Gasteiger charge is 2.33. The second kappa shape index (κ2) is 25.1. The van der Waals surface area contributed by atoms with Crippen molar-refractivity contribution in [3.63, 3.8) is 0 Å². The lowest BCUT2D eigenvalue weighted by Gasteiger charge is -2.17. The Morgan fingerprint density at radius 2 is 0.556 bits per heavy atom. The van der Waals surface area contributed by atoms with Gasteiger partial charge >= 0.3 is 0 Å². The summed E-state index contributed by atoms with van der Waals surface area (Å²) in [7, 11) is 0. The maximum atomic E-state index is 7.68. The van der Waals surface area contributed by atoms with Crippen molar-refractivity contribution in [2.24, 2.45) is 0 Å². The third kappa shape index (κ3) is 10.4. The second-order valence-corrected chi connectivity index (χ2v) is 28.7. The van der Waals surface area contributed by atoms with Crippen LogP contribution in [0.3, 0.4) is 0 Å². The van der Waals surface area contributed by atoms with Crippen LogP contribution in [0.15, 0.2) is 358 Å². The van der Waals surface area contributed by atoms with Crippen LogP contribution in [0.25, 0.3) is 186 Å². The minimum atomic E-state index is 0.0805. The van der Waals surface area contributed by atoms with Crippen LogP contribution in [0.1, 0.15) is 45.2 Å². The SMILES string of the molecule is [C-]#[N+]c1ccc2c(c1)C(c1ccccc1)c1cc(-c3cc4ccc5cc(-c6cc(-c7ccccn7)cc(-c7ccccn7)c6)cc6ccc(c3)c4c56)ccc1-2.[C-]#[N+]c1ccc2c(c1)C(c1ccccc1)c1cc(-c3cc4ccc5cc(-c6ccc(-c7cccc8cccnc78)cc6)cc6ccc(c3)c4c56)ccc1-2. The van der Waals surface area contributed by atoms with Gasteiger partial charge < -0.3 is 0 Å². The van der Waals surface area contributed by atoms with Crippen molar-refractivity contribution in [3.8, 4) is 100 Å². The van der Waals surface area contributed by atoms with E-state index in [1.807, 2.05) is 61.1 Å². The molecule has 2 aliphatic carbocycles. The summed E-state index contributed by atoms with van der Waals surface area (Å²) in [5.74, 6) is 0.172. The van der Waals surface area contributed by atoms with Gasteiger partial charge in [0.15, 0.2) is 11.4 Å². The van der Waals surface area contributed by atoms with Gasteiger partial charge in [-0.25, -0.2) is 9.69 Å². The zero-order chi connectivity index (χ0) is 71.5. The van der Waals surface area contributed by atoms with Crippen LogP contribution >= 0.6 is 0 Å². The minimum absolute atomic E-state index is 0.0805. The molecule has 0 radical (unpaired) electrons. The normalized spacial score (nSPS) is 13.4. The van der Waals surface area contributed by atoms with E-state index in [-0.39, 0.29) is 11.8 Å². The van der Waals surface area contributed by atoms with Crippen molar-refractivity contribution in [2.45, 2.75) is 11.8 Å². The molecule has 0 fully saturated rings. The van der Waals surface area contributed by atoms with Crippen molar-refractivity contribution in [2.75, 3.05) is 0 Å². The molecule has 5 nitrogen and oxygen atoms in total. The molecule has 2 aliphatic rings. The van der Waals surface area contributed by atoms with Crippen molar-refractivity contribution in [1.82, 2.24) is 15.0 Å². The molecule has 0 bridgehead atoms. The summed E-state index contributed by atoms with van der Waals surface area (Å²) in [5, 5.41) is 16.3. The van der Waals surface area contributed by atoms with E-state index in [1.165, 1.54) is 159 Å². The summed E-state index contributed by atoms with van der Waals surface area (Å²) < 4.78 is 0. The van der Waals surface area contributed by atoms with Gasteiger partial charge in [0.2, 0.25) is 0 Å². The monoisotopic (exact) mass is 1370 g/mol. The molecule has 3 heterocycles. The summed E-state index contributed by atoms with van der Waals surface area (Å²) in [4.78, 5) is 21.6. The van der Waals surface area contributed by atoms with E-state index < -0.39 is 0 Å². The summed E-state index contributed by atoms with van der Waals surface area (Å²) >= 11 is 0. The van der Waals surface area contributed by atoms with Gasteiger partial charge in [-0.1, -0.05) is 231 Å². The predicted octanol–water partition coefficient (Wildman–Crippen LogP) is 27.6. The molecule has 17 aromatic carbocycles. The highest BCUT2D eigenvalue weighted by molar-refractivity contribution is 6.26. The van der Waals surface area contributed by atoms with Crippen molar-refractivity contribution in [1.29, 1.82) is 0 Å². The van der Waals surface area contributed by atoms with Gasteiger partial charge in [0, 0.05) is 52.5 Å². The first kappa shape index (κ1) is 62.1. The summed E-state index contributed by atoms with van der Waals surface area (Å²) in [6.45, 7) is 15.3. The Hall–Kier alpha value is -14.5. The number of benzene rings is 17. The van der Waals surface area contributed by atoms with Crippen LogP contribution in [0.2, 0.25) is 0 Å². The molecule has 108 heavy (non-hydrogen) atoms. The average Bonchev–Trinajstić information content (AvgIpc) is 1.49. The lowest BCUT2D eigenvalue weighted by Crippen LogP contribution is -1.99. The predicted molar refractivity (Wildman–Crippen MR) is 447 cm³/mol. The number of hydrogen-bond donors (Lipinski definition) is 0. The Bertz CT molecular complexity index is 6920. The van der Waals surface area contributed by atoms with Crippen LogP contribution < -0.4 is 0 Å². The van der Waals surface area contributed by atoms with Gasteiger partial charge in [-0.15, -0.1) is 0 Å². The van der Waals surface area contributed by atoms with E-state index in [1.54, 1.807) is 0 Å². The van der Waals surface area contributed by atoms with E-state index in [9.17, 15) is 0 Å². The van der Waals surface area contributed by atoms with Crippen molar-refractivity contribution < 1.29 is 0 Å². The molecular weight excluding hydrogens is 1310 g/mol. The fourth-order valence-electron chi connectivity index (χ4n) is 17.7. The maximum absolute atomic E-state index is 7.68. The Balaban J connectivity index is 0.000000138. The zero-order valence-electron chi connectivity index (χ0n) is 58.5. The first-order valence-electron chi connectivity index (χ1n) is 36.7. The molecule has 3 aromatic heterocycles. The first-order valence-corrected chi connectivity index (χ1v) is 36.7. The molecule has 0 spiro atoms. The van der Waals surface area contributed by atoms with Gasteiger partial charge in [-0.3, -0.25) is 15.0 Å². The largest absolute Gasteiger partial charge is 0.256 e. The molecule has 5 heteroatoms. The second-order valence-electron chi connectivity index (χ2n) is 28.7. The molecule has 498 valence electrons. The number of aromatic nitrogens is 3. The van der Waals surface area contributed by atoms with Crippen LogP contribution in [-0.2, 0) is 0 Å². The van der Waals surface area contributed by atoms with Gasteiger partial charge in [0.25, 0.3) is 0 Å². The lowest BCUT2D eigenvalue weighted by atomic mass is 9.86. The standard InChI is InChI=1S/C52H31N3.C51H30N2/c1-53-43-18-20-45-44-19-17-33(30-46(44)52(47(45)31-43)32-9-3-2-4-10-32)38-23-34-13-15-36-25-39(26-37-16-14-35(24-38)50(34)51(36)37)40-27-41(48-11-5-7-21-54-48)29-42(28-40)49-12-6-8-22-55-49;1-52-42-21-23-45-44-22-20-35(29-46(44)50(47(45)30-42)33-7-3-2-4-8-33)41-27-38-18-16-36-25-40(26-37-17-19-39(28-41)49(38)48(36)37)31-12-14-32(15-13-31)43-11-5-9-34-10-6-24-53-51(34)43/h2-31,52H;2-30,50H. The fourth-order valence-corrected chi connectivity index (χ4v) is 17.7. The van der Waals surface area contributed by atoms with Gasteiger partial charge in [0.1, 0.15) is 0 Å². The summed E-state index contributed by atoms with van der Waals surface area (Å²) in [5.41, 5.74) is 30.7. The van der Waals surface area contributed by atoms with Crippen LogP contribution in [0.4, 0.5) is 11.4 Å². The highest BCUT2D eigenvalue weighted by atomic mass is 14.7. The van der Waals surface area contributed by atoms with E-state index in [0.29, 0.717) is 11.4 Å². The number of rotatable bonds is 9. The third-order valence-corrected chi connectivity index (χ3v) is 22.6. The van der Waals surface area contributed by atoms with Gasteiger partial charge in [0.05, 0.1) is 30.0 Å². The quantitative estimate of drug-likeness (QED) is 0.107. The molecule has 0 amide bonds. The molecule has 2 atom stereocenters. The smallest absolute Gasteiger partial charge is 0.187 e. The van der Waals surface area contributed by atoms with Crippen LogP contribution in [0.5, 0.6) is 0 Å². The van der Waals surface area contributed by atoms with E-state index >= 15 is 0 Å². The molecule has 0 N–H and O–H groups in total. The minimum Gasteiger partial charge on any atom is -0.256 e. The number of pyridine rings is 3. The number of nitrogens with zero attached hydrogens (tertiary/aromatic N) is 5. The Labute approximate surface area is 624 Å². The van der Waals surface area contributed by atoms with Gasteiger partial charge in [-0.2, -0.15) is 0 Å². The molecule has 20 aromatic rings. The molecule has 2 unspecified atom stereocenters. The molecule has 0 aliphatic heterocycles. The van der Waals surface area contributed by atoms with E-state index in [0.717, 1.165) is 50.1 Å². The molecular formula is C103H61N5. The Morgan fingerprint density at radius 3 is 0.972 bits per heavy atom. The maximum Gasteiger partial charge on any atom is 0.187 e. The fraction of sp³-hybridized carbons (Fsp3) is 0.0194. The topological polar surface area (TPSA) is 47.4 Å². The number of para-hydroxylation sites is 1. The first-order chi connectivity index (χ1) is 53.4. The molecule has 22 rings (SSSR count). The third-order valence-electron chi connectivity index (χ3n) is 22.6. The summed E-state index contributed by atoms with van der Waals surface area (Å²) in [6.07, 6.45) is 5.56. The van der Waals surface area contributed by atoms with E-state index in [2.05, 4.69) is 322 Å². The Morgan fingerprint density at radius 1 is 0.213 bits per heavy atom. The zero-order valence-corrected chi connectivity index (χ0v) is 58.5.